The lowest BCUT2D eigenvalue weighted by molar-refractivity contribution is -0.139. The van der Waals surface area contributed by atoms with E-state index in [0.717, 1.165) is 19.1 Å². The Morgan fingerprint density at radius 3 is 1.97 bits per heavy atom. The van der Waals surface area contributed by atoms with E-state index >= 15 is 0 Å². The fourth-order valence-corrected chi connectivity index (χ4v) is 3.79. The lowest BCUT2D eigenvalue weighted by Crippen LogP contribution is -2.19. The van der Waals surface area contributed by atoms with Gasteiger partial charge >= 0.3 is 12.4 Å². The summed E-state index contributed by atoms with van der Waals surface area (Å²) in [6, 6.07) is 2.04. The first-order valence-corrected chi connectivity index (χ1v) is 9.57. The fourth-order valence-electron chi connectivity index (χ4n) is 3.79. The van der Waals surface area contributed by atoms with Crippen LogP contribution in [0.2, 0.25) is 0 Å². The lowest BCUT2D eigenvalue weighted by atomic mass is 9.86. The van der Waals surface area contributed by atoms with Crippen LogP contribution >= 0.6 is 0 Å². The standard InChI is InChI=1S/C21H24F7N3/c1-9(2)12-8-15(30)31-14(18(12)21(26,27)28)6-5-10(3)16-17(20(23,24)25)11(4)7-13(29)19(16)22/h7-10H,5-6,29H2,1-4H3,(H2,30,31). The van der Waals surface area contributed by atoms with Crippen LogP contribution in [0.4, 0.5) is 42.2 Å². The molecule has 172 valence electrons. The number of alkyl halides is 6. The van der Waals surface area contributed by atoms with Crippen LogP contribution in [0, 0.1) is 12.7 Å². The van der Waals surface area contributed by atoms with Gasteiger partial charge in [-0.3, -0.25) is 0 Å². The van der Waals surface area contributed by atoms with Crippen LogP contribution in [-0.4, -0.2) is 4.98 Å². The molecule has 0 radical (unpaired) electrons. The molecule has 0 aliphatic carbocycles. The predicted octanol–water partition coefficient (Wildman–Crippen LogP) is 6.59. The lowest BCUT2D eigenvalue weighted by Gasteiger charge is -2.23. The van der Waals surface area contributed by atoms with Gasteiger partial charge in [0.1, 0.15) is 11.6 Å². The highest BCUT2D eigenvalue weighted by atomic mass is 19.4. The first-order chi connectivity index (χ1) is 14.1. The van der Waals surface area contributed by atoms with Crippen LogP contribution in [0.15, 0.2) is 12.1 Å². The molecule has 10 heteroatoms. The van der Waals surface area contributed by atoms with E-state index in [2.05, 4.69) is 4.98 Å². The summed E-state index contributed by atoms with van der Waals surface area (Å²) in [7, 11) is 0. The Hall–Kier alpha value is -2.52. The van der Waals surface area contributed by atoms with E-state index < -0.39 is 52.4 Å². The fraction of sp³-hybridized carbons (Fsp3) is 0.476. The zero-order valence-electron chi connectivity index (χ0n) is 17.5. The first kappa shape index (κ1) is 24.7. The maximum Gasteiger partial charge on any atom is 0.418 e. The van der Waals surface area contributed by atoms with Crippen molar-refractivity contribution in [1.82, 2.24) is 4.98 Å². The molecule has 1 atom stereocenters. The Labute approximate surface area is 175 Å². The third-order valence-corrected chi connectivity index (χ3v) is 5.17. The molecule has 1 aromatic carbocycles. The number of pyridine rings is 1. The highest BCUT2D eigenvalue weighted by Crippen LogP contribution is 2.43. The zero-order valence-corrected chi connectivity index (χ0v) is 17.5. The maximum atomic E-state index is 14.6. The van der Waals surface area contributed by atoms with Crippen LogP contribution in [-0.2, 0) is 18.8 Å². The van der Waals surface area contributed by atoms with Gasteiger partial charge in [0.2, 0.25) is 0 Å². The number of nitrogens with two attached hydrogens (primary N) is 2. The van der Waals surface area contributed by atoms with E-state index in [-0.39, 0.29) is 35.5 Å². The number of anilines is 2. The first-order valence-electron chi connectivity index (χ1n) is 9.57. The Morgan fingerprint density at radius 2 is 1.48 bits per heavy atom. The largest absolute Gasteiger partial charge is 0.418 e. The van der Waals surface area contributed by atoms with E-state index in [4.69, 9.17) is 11.5 Å². The average Bonchev–Trinajstić information content (AvgIpc) is 2.59. The predicted molar refractivity (Wildman–Crippen MR) is 105 cm³/mol. The second kappa shape index (κ2) is 8.55. The number of hydrogen-bond donors (Lipinski definition) is 2. The summed E-state index contributed by atoms with van der Waals surface area (Å²) in [6.07, 6.45) is -10.1. The van der Waals surface area contributed by atoms with E-state index in [0.29, 0.717) is 0 Å². The van der Waals surface area contributed by atoms with E-state index in [1.165, 1.54) is 6.92 Å². The topological polar surface area (TPSA) is 64.9 Å². The summed E-state index contributed by atoms with van der Waals surface area (Å²) < 4.78 is 96.5. The average molecular weight is 451 g/mol. The molecule has 1 aromatic heterocycles. The molecule has 0 aliphatic heterocycles. The van der Waals surface area contributed by atoms with Gasteiger partial charge < -0.3 is 11.5 Å². The Bertz CT molecular complexity index is 963. The molecule has 0 saturated heterocycles. The highest BCUT2D eigenvalue weighted by molar-refractivity contribution is 5.53. The van der Waals surface area contributed by atoms with Crippen molar-refractivity contribution in [3.63, 3.8) is 0 Å². The van der Waals surface area contributed by atoms with Crippen LogP contribution in [0.5, 0.6) is 0 Å². The molecule has 0 amide bonds. The molecule has 3 nitrogen and oxygen atoms in total. The number of hydrogen-bond acceptors (Lipinski definition) is 3. The SMILES string of the molecule is Cc1cc(N)c(F)c(C(C)CCc2nc(N)cc(C(C)C)c2C(F)(F)F)c1C(F)(F)F. The normalized spacial score (nSPS) is 13.7. The minimum Gasteiger partial charge on any atom is -0.396 e. The smallest absolute Gasteiger partial charge is 0.396 e. The number of benzene rings is 1. The number of halogens is 7. The number of aryl methyl sites for hydroxylation is 2. The van der Waals surface area contributed by atoms with Gasteiger partial charge in [-0.15, -0.1) is 0 Å². The molecule has 31 heavy (non-hydrogen) atoms. The summed E-state index contributed by atoms with van der Waals surface area (Å²) in [5.74, 6) is -2.93. The molecule has 1 heterocycles. The van der Waals surface area contributed by atoms with Crippen LogP contribution in [0.3, 0.4) is 0 Å². The van der Waals surface area contributed by atoms with Crippen molar-refractivity contribution in [1.29, 1.82) is 0 Å². The van der Waals surface area contributed by atoms with Gasteiger partial charge in [-0.2, -0.15) is 26.3 Å². The summed E-state index contributed by atoms with van der Waals surface area (Å²) >= 11 is 0. The molecule has 0 aliphatic rings. The summed E-state index contributed by atoms with van der Waals surface area (Å²) in [5.41, 5.74) is 7.27. The third kappa shape index (κ3) is 5.22. The Kier molecular flexibility index (Phi) is 6.82. The Balaban J connectivity index is 2.53. The molecule has 0 fully saturated rings. The highest BCUT2D eigenvalue weighted by Gasteiger charge is 2.40. The summed E-state index contributed by atoms with van der Waals surface area (Å²) in [5, 5.41) is 0. The second-order valence-electron chi connectivity index (χ2n) is 7.93. The van der Waals surface area contributed by atoms with Crippen molar-refractivity contribution in [2.45, 2.75) is 64.7 Å². The number of nitrogen functional groups attached to an aromatic ring is 2. The molecule has 2 aromatic rings. The minimum atomic E-state index is -4.85. The maximum absolute atomic E-state index is 14.6. The number of nitrogens with zero attached hydrogens (tertiary/aromatic N) is 1. The molecular weight excluding hydrogens is 427 g/mol. The van der Waals surface area contributed by atoms with Crippen molar-refractivity contribution in [3.05, 3.63) is 51.5 Å². The van der Waals surface area contributed by atoms with Gasteiger partial charge in [-0.05, 0) is 54.9 Å². The second-order valence-corrected chi connectivity index (χ2v) is 7.93. The number of aromatic nitrogens is 1. The van der Waals surface area contributed by atoms with E-state index in [9.17, 15) is 30.7 Å². The van der Waals surface area contributed by atoms with Gasteiger partial charge in [-0.1, -0.05) is 20.8 Å². The van der Waals surface area contributed by atoms with Crippen molar-refractivity contribution < 1.29 is 30.7 Å². The summed E-state index contributed by atoms with van der Waals surface area (Å²) in [6.45, 7) is 5.61. The quantitative estimate of drug-likeness (QED) is 0.398. The summed E-state index contributed by atoms with van der Waals surface area (Å²) in [4.78, 5) is 3.79. The zero-order chi connectivity index (χ0) is 23.9. The molecule has 4 N–H and O–H groups in total. The Morgan fingerprint density at radius 1 is 0.935 bits per heavy atom. The van der Waals surface area contributed by atoms with E-state index in [1.54, 1.807) is 13.8 Å². The number of rotatable bonds is 5. The monoisotopic (exact) mass is 451 g/mol. The van der Waals surface area contributed by atoms with Crippen LogP contribution < -0.4 is 11.5 Å². The minimum absolute atomic E-state index is 0.0513. The molecule has 1 unspecified atom stereocenters. The van der Waals surface area contributed by atoms with Crippen molar-refractivity contribution >= 4 is 11.5 Å². The van der Waals surface area contributed by atoms with Gasteiger partial charge in [0.05, 0.1) is 22.5 Å². The molecule has 2 rings (SSSR count). The molecular formula is C21H24F7N3. The van der Waals surface area contributed by atoms with Gasteiger partial charge in [0.15, 0.2) is 0 Å². The van der Waals surface area contributed by atoms with Crippen molar-refractivity contribution in [2.24, 2.45) is 0 Å². The van der Waals surface area contributed by atoms with E-state index in [1.807, 2.05) is 0 Å². The molecule has 0 bridgehead atoms. The van der Waals surface area contributed by atoms with Gasteiger partial charge in [0.25, 0.3) is 0 Å². The third-order valence-electron chi connectivity index (χ3n) is 5.17. The van der Waals surface area contributed by atoms with Gasteiger partial charge in [-0.25, -0.2) is 9.37 Å². The van der Waals surface area contributed by atoms with Gasteiger partial charge in [0, 0.05) is 5.56 Å². The molecule has 0 spiro atoms. The van der Waals surface area contributed by atoms with Crippen LogP contribution in [0.1, 0.15) is 72.5 Å². The van der Waals surface area contributed by atoms with Crippen LogP contribution in [0.25, 0.3) is 0 Å². The molecule has 0 saturated carbocycles. The van der Waals surface area contributed by atoms with Crippen molar-refractivity contribution in [3.8, 4) is 0 Å². The van der Waals surface area contributed by atoms with Crippen molar-refractivity contribution in [2.75, 3.05) is 11.5 Å².